The Balaban J connectivity index is 1.34. The van der Waals surface area contributed by atoms with Crippen molar-refractivity contribution in [1.29, 1.82) is 0 Å². The van der Waals surface area contributed by atoms with Crippen molar-refractivity contribution in [2.45, 2.75) is 63.5 Å². The zero-order valence-electron chi connectivity index (χ0n) is 21.8. The van der Waals surface area contributed by atoms with Crippen molar-refractivity contribution in [1.82, 2.24) is 4.90 Å². The third-order valence-electron chi connectivity index (χ3n) is 7.60. The van der Waals surface area contributed by atoms with Gasteiger partial charge in [0.1, 0.15) is 6.61 Å². The van der Waals surface area contributed by atoms with Gasteiger partial charge in [0.15, 0.2) is 0 Å². The monoisotopic (exact) mass is 515 g/mol. The highest BCUT2D eigenvalue weighted by Gasteiger charge is 2.49. The van der Waals surface area contributed by atoms with Gasteiger partial charge in [-0.3, -0.25) is 4.79 Å². The van der Waals surface area contributed by atoms with Crippen molar-refractivity contribution in [3.05, 3.63) is 96.6 Å². The Morgan fingerprint density at radius 2 is 1.43 bits per heavy atom. The molecule has 5 nitrogen and oxygen atoms in total. The molecule has 0 bridgehead atoms. The van der Waals surface area contributed by atoms with E-state index in [1.807, 2.05) is 91.0 Å². The lowest BCUT2D eigenvalue weighted by molar-refractivity contribution is -0.129. The molecule has 2 amide bonds. The normalized spacial score (nSPS) is 16.0. The number of cyclic esters (lactones) is 1. The summed E-state index contributed by atoms with van der Waals surface area (Å²) >= 11 is 0. The van der Waals surface area contributed by atoms with E-state index < -0.39 is 14.4 Å². The number of imide groups is 1. The van der Waals surface area contributed by atoms with Gasteiger partial charge in [0.2, 0.25) is 5.91 Å². The second-order valence-electron chi connectivity index (χ2n) is 10.6. The first-order valence-electron chi connectivity index (χ1n) is 13.2. The Labute approximate surface area is 221 Å². The molecule has 1 atom stereocenters. The zero-order chi connectivity index (χ0) is 26.3. The van der Waals surface area contributed by atoms with Crippen LogP contribution >= 0.6 is 0 Å². The van der Waals surface area contributed by atoms with Crippen molar-refractivity contribution in [2.75, 3.05) is 6.61 Å². The van der Waals surface area contributed by atoms with Crippen LogP contribution in [-0.2, 0) is 16.0 Å². The van der Waals surface area contributed by atoms with E-state index >= 15 is 0 Å². The summed E-state index contributed by atoms with van der Waals surface area (Å²) < 4.78 is 5.21. The molecule has 1 fully saturated rings. The Bertz CT molecular complexity index is 1130. The van der Waals surface area contributed by atoms with E-state index in [1.165, 1.54) is 4.90 Å². The lowest BCUT2D eigenvalue weighted by Crippen LogP contribution is -2.65. The van der Waals surface area contributed by atoms with Crippen LogP contribution in [0.2, 0.25) is 5.04 Å². The quantitative estimate of drug-likeness (QED) is 0.286. The van der Waals surface area contributed by atoms with E-state index in [1.54, 1.807) is 0 Å². The van der Waals surface area contributed by atoms with Crippen LogP contribution in [0.1, 0.15) is 51.5 Å². The summed E-state index contributed by atoms with van der Waals surface area (Å²) in [5, 5.41) is 1.72. The summed E-state index contributed by atoms with van der Waals surface area (Å²) in [5.74, 6) is -0.165. The van der Waals surface area contributed by atoms with E-state index in [2.05, 4.69) is 13.8 Å². The first kappa shape index (κ1) is 26.8. The average Bonchev–Trinajstić information content (AvgIpc) is 3.28. The Hall–Kier alpha value is -3.22. The van der Waals surface area contributed by atoms with Gasteiger partial charge >= 0.3 is 6.09 Å². The van der Waals surface area contributed by atoms with Crippen LogP contribution in [0.3, 0.4) is 0 Å². The van der Waals surface area contributed by atoms with Gasteiger partial charge in [-0.05, 0) is 40.2 Å². The number of carbonyl (C=O) groups excluding carboxylic acids is 2. The summed E-state index contributed by atoms with van der Waals surface area (Å²) in [4.78, 5) is 38.8. The molecule has 37 heavy (non-hydrogen) atoms. The molecule has 0 unspecified atom stereocenters. The highest BCUT2D eigenvalue weighted by Crippen LogP contribution is 2.40. The molecule has 194 valence electrons. The average molecular weight is 516 g/mol. The van der Waals surface area contributed by atoms with E-state index in [0.29, 0.717) is 19.3 Å². The smallest absolute Gasteiger partial charge is 0.416 e. The number of hydrogen-bond donors (Lipinski definition) is 1. The van der Waals surface area contributed by atoms with Crippen LogP contribution in [0.5, 0.6) is 0 Å². The summed E-state index contributed by atoms with van der Waals surface area (Å²) in [6.45, 7) is 4.58. The molecule has 1 aliphatic rings. The fourth-order valence-corrected chi connectivity index (χ4v) is 9.22. The molecule has 4 rings (SSSR count). The van der Waals surface area contributed by atoms with Crippen LogP contribution in [0.25, 0.3) is 0 Å². The minimum atomic E-state index is -3.02. The fraction of sp³-hybridized carbons (Fsp3) is 0.355. The predicted octanol–water partition coefficient (Wildman–Crippen LogP) is 5.06. The van der Waals surface area contributed by atoms with Gasteiger partial charge in [0.05, 0.1) is 6.04 Å². The van der Waals surface area contributed by atoms with E-state index in [-0.39, 0.29) is 23.6 Å². The minimum Gasteiger partial charge on any atom is -0.447 e. The van der Waals surface area contributed by atoms with Gasteiger partial charge in [-0.25, -0.2) is 9.69 Å². The van der Waals surface area contributed by atoms with Crippen molar-refractivity contribution in [3.63, 3.8) is 0 Å². The van der Waals surface area contributed by atoms with E-state index in [0.717, 1.165) is 35.2 Å². The topological polar surface area (TPSA) is 66.8 Å². The molecule has 3 aromatic carbocycles. The van der Waals surface area contributed by atoms with Gasteiger partial charge < -0.3 is 9.53 Å². The van der Waals surface area contributed by atoms with Gasteiger partial charge in [-0.1, -0.05) is 118 Å². The molecular formula is C31H37NO4Si. The number of hydrogen-bond acceptors (Lipinski definition) is 4. The minimum absolute atomic E-state index is 0.165. The molecule has 0 aliphatic carbocycles. The number of amides is 2. The standard InChI is InChI=1S/C31H37NO4Si/c1-31(2,37(35,27-17-9-4-10-18-27)28-19-11-5-12-20-28)22-14-6-13-21-29(33)32-26(24-36-30(32)34)23-25-15-7-3-8-16-25/h3-5,7-12,15-20,26,35H,6,13-14,21-24H2,1-2H3/t26-/m1/s1. The maximum Gasteiger partial charge on any atom is 0.416 e. The SMILES string of the molecule is CC(C)(CCCCCC(=O)N1C(=O)OC[C@H]1Cc1ccccc1)[Si](O)(c1ccccc1)c1ccccc1. The lowest BCUT2D eigenvalue weighted by Gasteiger charge is -2.41. The van der Waals surface area contributed by atoms with Gasteiger partial charge in [0.25, 0.3) is 8.32 Å². The van der Waals surface area contributed by atoms with Crippen molar-refractivity contribution in [3.8, 4) is 0 Å². The highest BCUT2D eigenvalue weighted by molar-refractivity contribution is 6.98. The number of ether oxygens (including phenoxy) is 1. The number of carbonyl (C=O) groups is 2. The third kappa shape index (κ3) is 6.03. The molecule has 6 heteroatoms. The molecule has 1 saturated heterocycles. The molecule has 0 radical (unpaired) electrons. The third-order valence-corrected chi connectivity index (χ3v) is 12.1. The fourth-order valence-electron chi connectivity index (χ4n) is 5.43. The van der Waals surface area contributed by atoms with Crippen LogP contribution in [-0.4, -0.2) is 42.7 Å². The molecular weight excluding hydrogens is 478 g/mol. The molecule has 0 spiro atoms. The molecule has 1 heterocycles. The molecule has 1 aliphatic heterocycles. The molecule has 1 N–H and O–H groups in total. The van der Waals surface area contributed by atoms with E-state index in [4.69, 9.17) is 4.74 Å². The van der Waals surface area contributed by atoms with Crippen molar-refractivity contribution < 1.29 is 19.1 Å². The summed E-state index contributed by atoms with van der Waals surface area (Å²) in [7, 11) is -3.02. The number of benzene rings is 3. The zero-order valence-corrected chi connectivity index (χ0v) is 22.8. The van der Waals surface area contributed by atoms with Gasteiger partial charge in [0, 0.05) is 6.42 Å². The number of rotatable bonds is 11. The highest BCUT2D eigenvalue weighted by atomic mass is 28.4. The van der Waals surface area contributed by atoms with Crippen LogP contribution in [0.4, 0.5) is 4.79 Å². The summed E-state index contributed by atoms with van der Waals surface area (Å²) in [6.07, 6.45) is 3.69. The first-order valence-corrected chi connectivity index (χ1v) is 15.1. The second-order valence-corrected chi connectivity index (χ2v) is 14.5. The van der Waals surface area contributed by atoms with Gasteiger partial charge in [-0.15, -0.1) is 0 Å². The summed E-state index contributed by atoms with van der Waals surface area (Å²) in [5.41, 5.74) is 1.08. The van der Waals surface area contributed by atoms with Gasteiger partial charge in [-0.2, -0.15) is 0 Å². The molecule has 0 aromatic heterocycles. The van der Waals surface area contributed by atoms with Crippen LogP contribution in [0.15, 0.2) is 91.0 Å². The predicted molar refractivity (Wildman–Crippen MR) is 149 cm³/mol. The largest absolute Gasteiger partial charge is 0.447 e. The molecule has 3 aromatic rings. The van der Waals surface area contributed by atoms with Crippen molar-refractivity contribution in [2.24, 2.45) is 0 Å². The number of nitrogens with zero attached hydrogens (tertiary/aromatic N) is 1. The lowest BCUT2D eigenvalue weighted by atomic mass is 10.0. The summed E-state index contributed by atoms with van der Waals surface area (Å²) in [6, 6.07) is 29.7. The molecule has 0 saturated carbocycles. The Morgan fingerprint density at radius 1 is 0.892 bits per heavy atom. The maximum absolute atomic E-state index is 12.9. The number of unbranched alkanes of at least 4 members (excludes halogenated alkanes) is 2. The Morgan fingerprint density at radius 3 is 2.00 bits per heavy atom. The first-order chi connectivity index (χ1) is 17.8. The van der Waals surface area contributed by atoms with Crippen LogP contribution < -0.4 is 10.4 Å². The van der Waals surface area contributed by atoms with E-state index in [9.17, 15) is 14.4 Å². The van der Waals surface area contributed by atoms with Crippen LogP contribution in [0, 0.1) is 0 Å². The maximum atomic E-state index is 12.9. The Kier molecular flexibility index (Phi) is 8.62. The van der Waals surface area contributed by atoms with Crippen molar-refractivity contribution >= 4 is 30.7 Å². The second kappa shape index (κ2) is 11.9.